The summed E-state index contributed by atoms with van der Waals surface area (Å²) in [6.07, 6.45) is 1.54. The number of hydrogen-bond acceptors (Lipinski definition) is 3. The topological polar surface area (TPSA) is 56.7 Å². The van der Waals surface area contributed by atoms with Crippen molar-refractivity contribution < 1.29 is 4.39 Å². The normalized spacial score (nSPS) is 14.2. The van der Waals surface area contributed by atoms with Crippen molar-refractivity contribution >= 4 is 0 Å². The molecule has 0 spiro atoms. The Morgan fingerprint density at radius 3 is 2.60 bits per heavy atom. The predicted octanol–water partition coefficient (Wildman–Crippen LogP) is 2.48. The molecule has 1 heterocycles. The maximum Gasteiger partial charge on any atom is 0.150 e. The van der Waals surface area contributed by atoms with E-state index in [2.05, 4.69) is 10.1 Å². The molecule has 1 aromatic carbocycles. The molecule has 1 aromatic heterocycles. The summed E-state index contributed by atoms with van der Waals surface area (Å²) < 4.78 is 15.3. The van der Waals surface area contributed by atoms with Crippen LogP contribution >= 0.6 is 0 Å². The Hall–Kier alpha value is -1.75. The van der Waals surface area contributed by atoms with Crippen molar-refractivity contribution in [2.24, 2.45) is 5.73 Å². The molecule has 2 aromatic rings. The zero-order valence-electron chi connectivity index (χ0n) is 12.2. The molecule has 0 aliphatic carbocycles. The van der Waals surface area contributed by atoms with Crippen molar-refractivity contribution in [1.82, 2.24) is 14.8 Å². The lowest BCUT2D eigenvalue weighted by Crippen LogP contribution is -2.32. The fourth-order valence-electron chi connectivity index (χ4n) is 2.38. The maximum atomic E-state index is 13.5. The largest absolute Gasteiger partial charge is 0.326 e. The molecule has 0 bridgehead atoms. The van der Waals surface area contributed by atoms with E-state index in [0.29, 0.717) is 0 Å². The average molecular weight is 276 g/mol. The second kappa shape index (κ2) is 6.13. The van der Waals surface area contributed by atoms with Crippen molar-refractivity contribution in [1.29, 1.82) is 0 Å². The van der Waals surface area contributed by atoms with Gasteiger partial charge in [0, 0.05) is 18.9 Å². The smallest absolute Gasteiger partial charge is 0.150 e. The van der Waals surface area contributed by atoms with Crippen LogP contribution in [0.25, 0.3) is 0 Å². The Balaban J connectivity index is 2.51. The first-order valence-corrected chi connectivity index (χ1v) is 7.02. The highest BCUT2D eigenvalue weighted by Gasteiger charge is 2.23. The number of nitrogens with zero attached hydrogens (tertiary/aromatic N) is 3. The van der Waals surface area contributed by atoms with E-state index in [9.17, 15) is 4.39 Å². The van der Waals surface area contributed by atoms with E-state index in [4.69, 9.17) is 5.73 Å². The molecule has 0 saturated carbocycles. The molecule has 2 unspecified atom stereocenters. The number of aromatic nitrogens is 3. The number of aryl methyl sites for hydroxylation is 2. The molecule has 2 N–H and O–H groups in total. The third kappa shape index (κ3) is 2.88. The van der Waals surface area contributed by atoms with Crippen molar-refractivity contribution in [3.05, 3.63) is 47.3 Å². The van der Waals surface area contributed by atoms with Crippen LogP contribution < -0.4 is 5.73 Å². The second-order valence-corrected chi connectivity index (χ2v) is 4.95. The van der Waals surface area contributed by atoms with E-state index in [0.717, 1.165) is 30.1 Å². The van der Waals surface area contributed by atoms with E-state index in [1.165, 1.54) is 12.1 Å². The fraction of sp³-hybridized carbons (Fsp3) is 0.467. The van der Waals surface area contributed by atoms with Crippen LogP contribution in [0.5, 0.6) is 0 Å². The minimum Gasteiger partial charge on any atom is -0.326 e. The third-order valence-electron chi connectivity index (χ3n) is 3.33. The Morgan fingerprint density at radius 2 is 2.05 bits per heavy atom. The average Bonchev–Trinajstić information content (AvgIpc) is 2.81. The number of hydrogen-bond donors (Lipinski definition) is 1. The van der Waals surface area contributed by atoms with Crippen LogP contribution in [0.15, 0.2) is 24.3 Å². The van der Waals surface area contributed by atoms with Gasteiger partial charge in [-0.1, -0.05) is 26.0 Å². The Morgan fingerprint density at radius 1 is 1.30 bits per heavy atom. The summed E-state index contributed by atoms with van der Waals surface area (Å²) in [6, 6.07) is 6.14. The Bertz CT molecular complexity index is 577. The zero-order valence-corrected chi connectivity index (χ0v) is 12.2. The quantitative estimate of drug-likeness (QED) is 0.912. The van der Waals surface area contributed by atoms with Crippen LogP contribution in [0.3, 0.4) is 0 Å². The highest BCUT2D eigenvalue weighted by Crippen LogP contribution is 2.23. The van der Waals surface area contributed by atoms with E-state index in [1.807, 2.05) is 31.5 Å². The Labute approximate surface area is 118 Å². The molecule has 4 nitrogen and oxygen atoms in total. The van der Waals surface area contributed by atoms with Gasteiger partial charge in [-0.05, 0) is 24.6 Å². The molecule has 0 aliphatic rings. The monoisotopic (exact) mass is 276 g/mol. The van der Waals surface area contributed by atoms with Gasteiger partial charge >= 0.3 is 0 Å². The third-order valence-corrected chi connectivity index (χ3v) is 3.33. The van der Waals surface area contributed by atoms with Crippen molar-refractivity contribution in [2.45, 2.75) is 45.7 Å². The number of halogens is 1. The molecule has 0 radical (unpaired) electrons. The molecular formula is C15H21FN4. The summed E-state index contributed by atoms with van der Waals surface area (Å²) in [5.74, 6) is 1.42. The van der Waals surface area contributed by atoms with Crippen LogP contribution in [-0.4, -0.2) is 20.8 Å². The van der Waals surface area contributed by atoms with Gasteiger partial charge in [0.05, 0.1) is 6.04 Å². The van der Waals surface area contributed by atoms with Gasteiger partial charge in [-0.3, -0.25) is 0 Å². The summed E-state index contributed by atoms with van der Waals surface area (Å²) in [5, 5.41) is 4.53. The molecular weight excluding hydrogens is 255 g/mol. The molecule has 20 heavy (non-hydrogen) atoms. The predicted molar refractivity (Wildman–Crippen MR) is 77.0 cm³/mol. The molecule has 0 saturated heterocycles. The lowest BCUT2D eigenvalue weighted by molar-refractivity contribution is 0.434. The van der Waals surface area contributed by atoms with E-state index in [1.54, 1.807) is 6.07 Å². The summed E-state index contributed by atoms with van der Waals surface area (Å²) in [5.41, 5.74) is 6.94. The van der Waals surface area contributed by atoms with Crippen molar-refractivity contribution in [3.63, 3.8) is 0 Å². The van der Waals surface area contributed by atoms with Gasteiger partial charge in [-0.2, -0.15) is 5.10 Å². The van der Waals surface area contributed by atoms with Gasteiger partial charge in [0.2, 0.25) is 0 Å². The van der Waals surface area contributed by atoms with Gasteiger partial charge in [-0.25, -0.2) is 14.1 Å². The van der Waals surface area contributed by atoms with Crippen LogP contribution in [0.2, 0.25) is 0 Å². The molecule has 0 aliphatic heterocycles. The Kier molecular flexibility index (Phi) is 4.49. The summed E-state index contributed by atoms with van der Waals surface area (Å²) >= 11 is 0. The molecule has 2 rings (SSSR count). The van der Waals surface area contributed by atoms with Crippen LogP contribution in [0, 0.1) is 5.82 Å². The summed E-state index contributed by atoms with van der Waals surface area (Å²) in [7, 11) is 0. The standard InChI is InChI=1S/C15H21FN4/c1-4-13-18-14(5-2)20(19-13)15(10(3)17)11-7-6-8-12(16)9-11/h6-10,15H,4-5,17H2,1-3H3. The maximum absolute atomic E-state index is 13.5. The summed E-state index contributed by atoms with van der Waals surface area (Å²) in [6.45, 7) is 5.95. The van der Waals surface area contributed by atoms with Crippen LogP contribution in [-0.2, 0) is 12.8 Å². The van der Waals surface area contributed by atoms with E-state index < -0.39 is 0 Å². The van der Waals surface area contributed by atoms with Gasteiger partial charge in [0.1, 0.15) is 11.6 Å². The first-order chi connectivity index (χ1) is 9.56. The zero-order chi connectivity index (χ0) is 14.7. The molecule has 0 amide bonds. The number of rotatable bonds is 5. The van der Waals surface area contributed by atoms with E-state index >= 15 is 0 Å². The SMILES string of the molecule is CCc1nc(CC)n(C(c2cccc(F)c2)C(C)N)n1. The first-order valence-electron chi connectivity index (χ1n) is 7.02. The lowest BCUT2D eigenvalue weighted by atomic mass is 10.0. The van der Waals surface area contributed by atoms with Crippen LogP contribution in [0.1, 0.15) is 44.0 Å². The first kappa shape index (κ1) is 14.7. The minimum absolute atomic E-state index is 0.187. The van der Waals surface area contributed by atoms with Gasteiger partial charge < -0.3 is 5.73 Å². The summed E-state index contributed by atoms with van der Waals surface area (Å²) in [4.78, 5) is 4.50. The van der Waals surface area contributed by atoms with Gasteiger partial charge in [-0.15, -0.1) is 0 Å². The second-order valence-electron chi connectivity index (χ2n) is 4.95. The van der Waals surface area contributed by atoms with Crippen LogP contribution in [0.4, 0.5) is 4.39 Å². The van der Waals surface area contributed by atoms with Gasteiger partial charge in [0.15, 0.2) is 5.82 Å². The lowest BCUT2D eigenvalue weighted by Gasteiger charge is -2.23. The molecule has 108 valence electrons. The highest BCUT2D eigenvalue weighted by atomic mass is 19.1. The van der Waals surface area contributed by atoms with Gasteiger partial charge in [0.25, 0.3) is 0 Å². The fourth-order valence-corrected chi connectivity index (χ4v) is 2.38. The van der Waals surface area contributed by atoms with Crippen molar-refractivity contribution in [3.8, 4) is 0 Å². The van der Waals surface area contributed by atoms with E-state index in [-0.39, 0.29) is 17.9 Å². The number of benzene rings is 1. The molecule has 2 atom stereocenters. The molecule has 5 heteroatoms. The minimum atomic E-state index is -0.262. The molecule has 0 fully saturated rings. The number of nitrogens with two attached hydrogens (primary N) is 1. The highest BCUT2D eigenvalue weighted by molar-refractivity contribution is 5.23. The van der Waals surface area contributed by atoms with Crippen molar-refractivity contribution in [2.75, 3.05) is 0 Å².